The van der Waals surface area contributed by atoms with Gasteiger partial charge in [-0.05, 0) is 62.2 Å². The van der Waals surface area contributed by atoms with Crippen LogP contribution in [0.25, 0.3) is 0 Å². The minimum atomic E-state index is 0.0764. The molecule has 0 radical (unpaired) electrons. The first-order valence-electron chi connectivity index (χ1n) is 12.0. The van der Waals surface area contributed by atoms with Crippen molar-refractivity contribution in [3.05, 3.63) is 40.3 Å². The Morgan fingerprint density at radius 3 is 2.36 bits per heavy atom. The molecule has 33 heavy (non-hydrogen) atoms. The number of thiazole rings is 1. The van der Waals surface area contributed by atoms with Gasteiger partial charge in [-0.2, -0.15) is 0 Å². The lowest BCUT2D eigenvalue weighted by Gasteiger charge is -2.33. The molecule has 0 atom stereocenters. The molecule has 8 heteroatoms. The average molecular weight is 486 g/mol. The van der Waals surface area contributed by atoms with Crippen LogP contribution in [0, 0.1) is 0 Å². The second-order valence-electron chi connectivity index (χ2n) is 9.41. The lowest BCUT2D eigenvalue weighted by molar-refractivity contribution is 0.0691. The van der Waals surface area contributed by atoms with Gasteiger partial charge >= 0.3 is 0 Å². The van der Waals surface area contributed by atoms with Gasteiger partial charge in [0, 0.05) is 62.9 Å². The summed E-state index contributed by atoms with van der Waals surface area (Å²) in [5.74, 6) is 0.475. The van der Waals surface area contributed by atoms with E-state index in [1.807, 2.05) is 31.4 Å². The molecule has 0 spiro atoms. The Labute approximate surface area is 207 Å². The number of carbonyl (C=O) groups excluding carboxylic acids is 1. The lowest BCUT2D eigenvalue weighted by atomic mass is 9.94. The highest BCUT2D eigenvalue weighted by atomic mass is 32.1. The van der Waals surface area contributed by atoms with E-state index < -0.39 is 0 Å². The zero-order valence-electron chi connectivity index (χ0n) is 19.9. The maximum atomic E-state index is 12.9. The second-order valence-corrected chi connectivity index (χ2v) is 10.7. The van der Waals surface area contributed by atoms with Crippen molar-refractivity contribution in [2.75, 3.05) is 44.4 Å². The number of benzene rings is 1. The molecule has 6 nitrogen and oxygen atoms in total. The first-order valence-corrected chi connectivity index (χ1v) is 13.3. The van der Waals surface area contributed by atoms with Crippen LogP contribution < -0.4 is 10.2 Å². The molecule has 1 aromatic heterocycles. The van der Waals surface area contributed by atoms with Gasteiger partial charge in [0.25, 0.3) is 5.91 Å². The van der Waals surface area contributed by atoms with Crippen LogP contribution >= 0.6 is 23.6 Å². The summed E-state index contributed by atoms with van der Waals surface area (Å²) in [4.78, 5) is 24.0. The molecular formula is C25H35N5OS2. The fourth-order valence-electron chi connectivity index (χ4n) is 4.76. The van der Waals surface area contributed by atoms with Crippen molar-refractivity contribution in [1.82, 2.24) is 14.8 Å². The maximum absolute atomic E-state index is 12.9. The van der Waals surface area contributed by atoms with Gasteiger partial charge in [0.05, 0.1) is 5.01 Å². The Hall–Kier alpha value is -2.19. The Balaban J connectivity index is 1.28. The van der Waals surface area contributed by atoms with Crippen LogP contribution in [-0.2, 0) is 0 Å². The van der Waals surface area contributed by atoms with E-state index in [0.29, 0.717) is 17.7 Å². The monoisotopic (exact) mass is 485 g/mol. The van der Waals surface area contributed by atoms with E-state index in [1.54, 1.807) is 11.3 Å². The molecule has 1 aliphatic carbocycles. The van der Waals surface area contributed by atoms with Gasteiger partial charge in [0.2, 0.25) is 0 Å². The third-order valence-corrected chi connectivity index (χ3v) is 8.32. The highest BCUT2D eigenvalue weighted by molar-refractivity contribution is 7.80. The first kappa shape index (κ1) is 24.0. The maximum Gasteiger partial charge on any atom is 0.273 e. The SMILES string of the molecule is CN(C)c1ccc(NC(=S)N2CCC(c3nc(C(=O)N(C)C4CCCCC4)cs3)CC2)cc1. The Morgan fingerprint density at radius 1 is 1.06 bits per heavy atom. The number of likely N-dealkylation sites (tertiary alicyclic amines) is 1. The number of piperidine rings is 1. The fraction of sp³-hybridized carbons (Fsp3) is 0.560. The average Bonchev–Trinajstić information content (AvgIpc) is 3.34. The minimum Gasteiger partial charge on any atom is -0.378 e. The number of nitrogens with zero attached hydrogens (tertiary/aromatic N) is 4. The van der Waals surface area contributed by atoms with Crippen molar-refractivity contribution in [2.45, 2.75) is 56.9 Å². The molecule has 1 amide bonds. The number of hydrogen-bond donors (Lipinski definition) is 1. The molecule has 0 unspecified atom stereocenters. The van der Waals surface area contributed by atoms with Crippen LogP contribution in [0.4, 0.5) is 11.4 Å². The molecule has 1 N–H and O–H groups in total. The molecule has 1 saturated heterocycles. The Bertz CT molecular complexity index is 944. The number of nitrogens with one attached hydrogen (secondary N) is 1. The third-order valence-electron chi connectivity index (χ3n) is 6.95. The molecule has 2 aliphatic rings. The van der Waals surface area contributed by atoms with E-state index in [9.17, 15) is 4.79 Å². The van der Waals surface area contributed by atoms with E-state index in [2.05, 4.69) is 39.4 Å². The summed E-state index contributed by atoms with van der Waals surface area (Å²) in [7, 11) is 6.01. The zero-order chi connectivity index (χ0) is 23.4. The predicted molar refractivity (Wildman–Crippen MR) is 142 cm³/mol. The molecular weight excluding hydrogens is 450 g/mol. The standard InChI is InChI=1S/C25H35N5OS2/c1-28(2)20-11-9-19(10-12-20)26-25(32)30-15-13-18(14-16-30)23-27-22(17-33-23)24(31)29(3)21-7-5-4-6-8-21/h9-12,17-18,21H,4-8,13-16H2,1-3H3,(H,26,32). The van der Waals surface area contributed by atoms with Crippen LogP contribution in [0.15, 0.2) is 29.6 Å². The summed E-state index contributed by atoms with van der Waals surface area (Å²) in [6.45, 7) is 1.80. The van der Waals surface area contributed by atoms with Crippen LogP contribution in [0.1, 0.15) is 66.4 Å². The van der Waals surface area contributed by atoms with E-state index in [-0.39, 0.29) is 5.91 Å². The summed E-state index contributed by atoms with van der Waals surface area (Å²) in [6, 6.07) is 8.67. The fourth-order valence-corrected chi connectivity index (χ4v) is 6.03. The van der Waals surface area contributed by atoms with Crippen molar-refractivity contribution in [2.24, 2.45) is 0 Å². The lowest BCUT2D eigenvalue weighted by Crippen LogP contribution is -2.40. The van der Waals surface area contributed by atoms with Crippen LogP contribution in [0.3, 0.4) is 0 Å². The van der Waals surface area contributed by atoms with Gasteiger partial charge in [-0.1, -0.05) is 19.3 Å². The number of rotatable bonds is 5. The molecule has 4 rings (SSSR count). The largest absolute Gasteiger partial charge is 0.378 e. The van der Waals surface area contributed by atoms with Crippen molar-refractivity contribution >= 4 is 45.9 Å². The van der Waals surface area contributed by atoms with Crippen LogP contribution in [-0.4, -0.2) is 66.1 Å². The smallest absolute Gasteiger partial charge is 0.273 e. The summed E-state index contributed by atoms with van der Waals surface area (Å²) < 4.78 is 0. The summed E-state index contributed by atoms with van der Waals surface area (Å²) in [5, 5.41) is 7.19. The number of hydrogen-bond acceptors (Lipinski definition) is 5. The van der Waals surface area contributed by atoms with Crippen molar-refractivity contribution < 1.29 is 4.79 Å². The van der Waals surface area contributed by atoms with Crippen molar-refractivity contribution in [3.63, 3.8) is 0 Å². The quantitative estimate of drug-likeness (QED) is 0.588. The van der Waals surface area contributed by atoms with Crippen LogP contribution in [0.2, 0.25) is 0 Å². The number of amides is 1. The molecule has 178 valence electrons. The Kier molecular flexibility index (Phi) is 7.86. The molecule has 1 aliphatic heterocycles. The first-order chi connectivity index (χ1) is 15.9. The highest BCUT2D eigenvalue weighted by Gasteiger charge is 2.28. The summed E-state index contributed by atoms with van der Waals surface area (Å²) in [5.41, 5.74) is 2.79. The van der Waals surface area contributed by atoms with Gasteiger partial charge in [0.15, 0.2) is 5.11 Å². The van der Waals surface area contributed by atoms with Gasteiger partial charge in [0.1, 0.15) is 5.69 Å². The van der Waals surface area contributed by atoms with E-state index in [0.717, 1.165) is 54.6 Å². The highest BCUT2D eigenvalue weighted by Crippen LogP contribution is 2.31. The van der Waals surface area contributed by atoms with Gasteiger partial charge < -0.3 is 20.0 Å². The zero-order valence-corrected chi connectivity index (χ0v) is 21.6. The number of anilines is 2. The third kappa shape index (κ3) is 5.84. The number of aromatic nitrogens is 1. The van der Waals surface area contributed by atoms with Crippen molar-refractivity contribution in [3.8, 4) is 0 Å². The summed E-state index contributed by atoms with van der Waals surface area (Å²) >= 11 is 7.30. The Morgan fingerprint density at radius 2 is 1.73 bits per heavy atom. The van der Waals surface area contributed by atoms with E-state index in [1.165, 1.54) is 24.9 Å². The molecule has 2 heterocycles. The molecule has 0 bridgehead atoms. The minimum absolute atomic E-state index is 0.0764. The van der Waals surface area contributed by atoms with Gasteiger partial charge in [-0.15, -0.1) is 11.3 Å². The predicted octanol–water partition coefficient (Wildman–Crippen LogP) is 5.19. The molecule has 2 aromatic rings. The normalized spacial score (nSPS) is 17.6. The van der Waals surface area contributed by atoms with E-state index in [4.69, 9.17) is 17.2 Å². The number of carbonyl (C=O) groups is 1. The topological polar surface area (TPSA) is 51.7 Å². The molecule has 1 saturated carbocycles. The summed E-state index contributed by atoms with van der Waals surface area (Å²) in [6.07, 6.45) is 7.97. The molecule has 1 aromatic carbocycles. The molecule has 2 fully saturated rings. The van der Waals surface area contributed by atoms with Gasteiger partial charge in [-0.3, -0.25) is 4.79 Å². The van der Waals surface area contributed by atoms with Crippen molar-refractivity contribution in [1.29, 1.82) is 0 Å². The second kappa shape index (κ2) is 10.8. The number of thiocarbonyl (C=S) groups is 1. The van der Waals surface area contributed by atoms with Crippen LogP contribution in [0.5, 0.6) is 0 Å². The van der Waals surface area contributed by atoms with E-state index >= 15 is 0 Å². The van der Waals surface area contributed by atoms with Gasteiger partial charge in [-0.25, -0.2) is 4.98 Å².